The minimum Gasteiger partial charge on any atom is -0.451 e. The van der Waals surface area contributed by atoms with E-state index in [0.717, 1.165) is 0 Å². The fraction of sp³-hybridized carbons (Fsp3) is 0.429. The van der Waals surface area contributed by atoms with E-state index in [0.29, 0.717) is 5.02 Å². The van der Waals surface area contributed by atoms with E-state index in [1.54, 1.807) is 0 Å². The Kier molecular flexibility index (Phi) is 6.55. The summed E-state index contributed by atoms with van der Waals surface area (Å²) in [7, 11) is -0.844. The predicted molar refractivity (Wildman–Crippen MR) is 85.5 cm³/mol. The molecule has 0 saturated carbocycles. The Bertz CT molecular complexity index is 673. The Balaban J connectivity index is 2.74. The fourth-order valence-corrected chi connectivity index (χ4v) is 2.97. The van der Waals surface area contributed by atoms with Gasteiger partial charge in [0.15, 0.2) is 6.10 Å². The number of rotatable bonds is 6. The number of halogens is 1. The molecular weight excluding hydrogens is 344 g/mol. The number of nitrogens with one attached hydrogen (secondary N) is 1. The summed E-state index contributed by atoms with van der Waals surface area (Å²) in [4.78, 5) is 24.8. The topological polar surface area (TPSA) is 92.8 Å². The van der Waals surface area contributed by atoms with Crippen LogP contribution in [0.15, 0.2) is 29.2 Å². The third-order valence-electron chi connectivity index (χ3n) is 2.89. The van der Waals surface area contributed by atoms with Crippen molar-refractivity contribution in [2.24, 2.45) is 0 Å². The van der Waals surface area contributed by atoms with Gasteiger partial charge in [-0.15, -0.1) is 0 Å². The van der Waals surface area contributed by atoms with Crippen molar-refractivity contribution < 1.29 is 22.7 Å². The van der Waals surface area contributed by atoms with Gasteiger partial charge in [-0.1, -0.05) is 11.6 Å². The van der Waals surface area contributed by atoms with Crippen LogP contribution >= 0.6 is 11.6 Å². The number of amides is 1. The van der Waals surface area contributed by atoms with Crippen LogP contribution in [0, 0.1) is 0 Å². The van der Waals surface area contributed by atoms with Gasteiger partial charge in [0.25, 0.3) is 5.91 Å². The minimum absolute atomic E-state index is 0.0287. The molecule has 23 heavy (non-hydrogen) atoms. The average Bonchev–Trinajstić information content (AvgIpc) is 2.46. The molecule has 1 N–H and O–H groups in total. The zero-order valence-corrected chi connectivity index (χ0v) is 14.8. The maximum Gasteiger partial charge on any atom is 0.324 e. The molecule has 1 aromatic rings. The Morgan fingerprint density at radius 3 is 2.17 bits per heavy atom. The molecule has 1 amide bonds. The second-order valence-corrected chi connectivity index (χ2v) is 7.26. The van der Waals surface area contributed by atoms with Gasteiger partial charge in [0.05, 0.1) is 4.90 Å². The molecule has 0 aromatic heterocycles. The molecule has 2 atom stereocenters. The first-order valence-corrected chi connectivity index (χ1v) is 8.60. The zero-order valence-electron chi connectivity index (χ0n) is 13.2. The number of sulfonamides is 1. The number of hydrogen-bond acceptors (Lipinski definition) is 5. The lowest BCUT2D eigenvalue weighted by Crippen LogP contribution is -2.43. The smallest absolute Gasteiger partial charge is 0.324 e. The second kappa shape index (κ2) is 7.76. The maximum absolute atomic E-state index is 12.1. The molecule has 2 unspecified atom stereocenters. The van der Waals surface area contributed by atoms with E-state index in [4.69, 9.17) is 16.3 Å². The summed E-state index contributed by atoms with van der Waals surface area (Å²) >= 11 is 5.71. The van der Waals surface area contributed by atoms with Crippen LogP contribution in [0.3, 0.4) is 0 Å². The van der Waals surface area contributed by atoms with Gasteiger partial charge in [-0.25, -0.2) is 8.42 Å². The molecule has 9 heteroatoms. The van der Waals surface area contributed by atoms with Crippen molar-refractivity contribution in [2.45, 2.75) is 30.9 Å². The summed E-state index contributed by atoms with van der Waals surface area (Å²) in [5, 5.41) is 0.396. The molecule has 0 aliphatic carbocycles. The number of esters is 1. The number of benzene rings is 1. The molecular formula is C14H19ClN2O5S. The van der Waals surface area contributed by atoms with Gasteiger partial charge < -0.3 is 9.64 Å². The summed E-state index contributed by atoms with van der Waals surface area (Å²) in [6, 6.07) is 4.35. The van der Waals surface area contributed by atoms with E-state index < -0.39 is 34.0 Å². The van der Waals surface area contributed by atoms with Crippen LogP contribution in [0.1, 0.15) is 13.8 Å². The van der Waals surface area contributed by atoms with Crippen LogP contribution in [-0.4, -0.2) is 51.4 Å². The van der Waals surface area contributed by atoms with Gasteiger partial charge in [0.1, 0.15) is 6.04 Å². The van der Waals surface area contributed by atoms with E-state index in [1.165, 1.54) is 57.1 Å². The second-order valence-electron chi connectivity index (χ2n) is 5.11. The minimum atomic E-state index is -3.90. The van der Waals surface area contributed by atoms with Crippen molar-refractivity contribution in [3.05, 3.63) is 29.3 Å². The standard InChI is InChI=1S/C14H19ClN2O5S/c1-9(14(19)22-10(2)13(18)17(3)4)16-23(20,21)12-7-5-11(15)6-8-12/h5-10,16H,1-4H3. The lowest BCUT2D eigenvalue weighted by Gasteiger charge is -2.19. The van der Waals surface area contributed by atoms with E-state index in [1.807, 2.05) is 0 Å². The first-order valence-electron chi connectivity index (χ1n) is 6.74. The van der Waals surface area contributed by atoms with Crippen molar-refractivity contribution >= 4 is 33.5 Å². The highest BCUT2D eigenvalue weighted by molar-refractivity contribution is 7.89. The summed E-state index contributed by atoms with van der Waals surface area (Å²) in [6.07, 6.45) is -1.00. The first kappa shape index (κ1) is 19.4. The highest BCUT2D eigenvalue weighted by Crippen LogP contribution is 2.14. The number of ether oxygens (including phenoxy) is 1. The monoisotopic (exact) mass is 362 g/mol. The SMILES string of the molecule is CC(NS(=O)(=O)c1ccc(Cl)cc1)C(=O)OC(C)C(=O)N(C)C. The van der Waals surface area contributed by atoms with Crippen LogP contribution < -0.4 is 4.72 Å². The van der Waals surface area contributed by atoms with E-state index in [-0.39, 0.29) is 4.90 Å². The third-order valence-corrected chi connectivity index (χ3v) is 4.70. The van der Waals surface area contributed by atoms with Crippen molar-refractivity contribution in [1.82, 2.24) is 9.62 Å². The van der Waals surface area contributed by atoms with Crippen molar-refractivity contribution in [1.29, 1.82) is 0 Å². The normalized spacial score (nSPS) is 14.0. The number of nitrogens with zero attached hydrogens (tertiary/aromatic N) is 1. The molecule has 0 aliphatic rings. The van der Waals surface area contributed by atoms with Gasteiger partial charge in [0, 0.05) is 19.1 Å². The van der Waals surface area contributed by atoms with Gasteiger partial charge in [-0.05, 0) is 38.1 Å². The summed E-state index contributed by atoms with van der Waals surface area (Å²) < 4.78 is 31.5. The average molecular weight is 363 g/mol. The lowest BCUT2D eigenvalue weighted by atomic mass is 10.3. The molecule has 0 bridgehead atoms. The molecule has 128 valence electrons. The van der Waals surface area contributed by atoms with Crippen LogP contribution in [0.4, 0.5) is 0 Å². The Morgan fingerprint density at radius 2 is 1.70 bits per heavy atom. The lowest BCUT2D eigenvalue weighted by molar-refractivity contribution is -0.159. The largest absolute Gasteiger partial charge is 0.451 e. The Labute approximate surface area is 140 Å². The molecule has 0 saturated heterocycles. The highest BCUT2D eigenvalue weighted by Gasteiger charge is 2.26. The van der Waals surface area contributed by atoms with E-state index >= 15 is 0 Å². The first-order chi connectivity index (χ1) is 10.5. The number of carbonyl (C=O) groups excluding carboxylic acids is 2. The van der Waals surface area contributed by atoms with Gasteiger partial charge >= 0.3 is 5.97 Å². The van der Waals surface area contributed by atoms with Crippen LogP contribution in [0.5, 0.6) is 0 Å². The van der Waals surface area contributed by atoms with E-state index in [2.05, 4.69) is 4.72 Å². The number of hydrogen-bond donors (Lipinski definition) is 1. The van der Waals surface area contributed by atoms with Crippen LogP contribution in [-0.2, 0) is 24.3 Å². The molecule has 1 rings (SSSR count). The van der Waals surface area contributed by atoms with E-state index in [9.17, 15) is 18.0 Å². The molecule has 0 aliphatic heterocycles. The molecule has 0 spiro atoms. The molecule has 7 nitrogen and oxygen atoms in total. The molecule has 0 fully saturated rings. The summed E-state index contributed by atoms with van der Waals surface area (Å²) in [6.45, 7) is 2.75. The zero-order chi connectivity index (χ0) is 17.8. The van der Waals surface area contributed by atoms with Crippen LogP contribution in [0.2, 0.25) is 5.02 Å². The molecule has 0 radical (unpaired) electrons. The highest BCUT2D eigenvalue weighted by atomic mass is 35.5. The molecule has 0 heterocycles. The van der Waals surface area contributed by atoms with Crippen molar-refractivity contribution in [2.75, 3.05) is 14.1 Å². The molecule has 1 aromatic carbocycles. The van der Waals surface area contributed by atoms with Gasteiger partial charge in [0.2, 0.25) is 10.0 Å². The fourth-order valence-electron chi connectivity index (χ4n) is 1.65. The number of likely N-dealkylation sites (N-methyl/N-ethyl adjacent to an activating group) is 1. The quantitative estimate of drug-likeness (QED) is 0.763. The Morgan fingerprint density at radius 1 is 1.17 bits per heavy atom. The predicted octanol–water partition coefficient (Wildman–Crippen LogP) is 1.03. The Hall–Kier alpha value is -1.64. The van der Waals surface area contributed by atoms with Gasteiger partial charge in [-0.3, -0.25) is 9.59 Å². The van der Waals surface area contributed by atoms with Crippen molar-refractivity contribution in [3.8, 4) is 0 Å². The van der Waals surface area contributed by atoms with Crippen LogP contribution in [0.25, 0.3) is 0 Å². The summed E-state index contributed by atoms with van der Waals surface area (Å²) in [5.74, 6) is -1.24. The maximum atomic E-state index is 12.1. The third kappa shape index (κ3) is 5.49. The summed E-state index contributed by atoms with van der Waals surface area (Å²) in [5.41, 5.74) is 0. The van der Waals surface area contributed by atoms with Gasteiger partial charge in [-0.2, -0.15) is 4.72 Å². The van der Waals surface area contributed by atoms with Crippen molar-refractivity contribution in [3.63, 3.8) is 0 Å². The number of carbonyl (C=O) groups is 2.